The number of amides is 1. The molecule has 0 aromatic heterocycles. The summed E-state index contributed by atoms with van der Waals surface area (Å²) in [6.45, 7) is -0.0285. The Labute approximate surface area is 109 Å². The van der Waals surface area contributed by atoms with Crippen LogP contribution in [-0.4, -0.2) is 16.1 Å². The van der Waals surface area contributed by atoms with Gasteiger partial charge in [-0.3, -0.25) is 4.79 Å². The van der Waals surface area contributed by atoms with E-state index in [4.69, 9.17) is 0 Å². The fourth-order valence-electron chi connectivity index (χ4n) is 1.67. The summed E-state index contributed by atoms with van der Waals surface area (Å²) >= 11 is 0. The minimum Gasteiger partial charge on any atom is -0.507 e. The Balaban J connectivity index is 2.13. The normalized spacial score (nSPS) is 10.2. The zero-order valence-electron chi connectivity index (χ0n) is 9.93. The minimum atomic E-state index is -0.668. The van der Waals surface area contributed by atoms with Crippen LogP contribution in [0.5, 0.6) is 11.5 Å². The van der Waals surface area contributed by atoms with E-state index in [-0.39, 0.29) is 23.6 Å². The number of phenols is 2. The molecule has 0 atom stereocenters. The molecule has 0 saturated heterocycles. The molecule has 0 saturated carbocycles. The third-order valence-electron chi connectivity index (χ3n) is 2.64. The SMILES string of the molecule is O=C(NCc1ccccc1F)c1c(O)cccc1O. The van der Waals surface area contributed by atoms with Crippen LogP contribution in [0.4, 0.5) is 4.39 Å². The first kappa shape index (κ1) is 12.9. The maximum atomic E-state index is 13.4. The summed E-state index contributed by atoms with van der Waals surface area (Å²) in [5, 5.41) is 21.5. The van der Waals surface area contributed by atoms with E-state index >= 15 is 0 Å². The second kappa shape index (κ2) is 5.39. The molecule has 4 nitrogen and oxygen atoms in total. The Hall–Kier alpha value is -2.56. The molecular formula is C14H12FNO3. The lowest BCUT2D eigenvalue weighted by Crippen LogP contribution is -2.23. The van der Waals surface area contributed by atoms with Crippen LogP contribution in [0.2, 0.25) is 0 Å². The molecule has 3 N–H and O–H groups in total. The van der Waals surface area contributed by atoms with E-state index in [9.17, 15) is 19.4 Å². The number of hydrogen-bond donors (Lipinski definition) is 3. The number of rotatable bonds is 3. The minimum absolute atomic E-state index is 0.0285. The second-order valence-corrected chi connectivity index (χ2v) is 3.95. The Kier molecular flexibility index (Phi) is 3.66. The van der Waals surface area contributed by atoms with Crippen molar-refractivity contribution >= 4 is 5.91 Å². The van der Waals surface area contributed by atoms with E-state index < -0.39 is 11.7 Å². The quantitative estimate of drug-likeness (QED) is 0.793. The zero-order chi connectivity index (χ0) is 13.8. The topological polar surface area (TPSA) is 69.6 Å². The largest absolute Gasteiger partial charge is 0.507 e. The van der Waals surface area contributed by atoms with Gasteiger partial charge < -0.3 is 15.5 Å². The van der Waals surface area contributed by atoms with E-state index in [1.54, 1.807) is 18.2 Å². The van der Waals surface area contributed by atoms with Crippen LogP contribution in [-0.2, 0) is 6.54 Å². The smallest absolute Gasteiger partial charge is 0.259 e. The van der Waals surface area contributed by atoms with E-state index in [1.807, 2.05) is 0 Å². The number of nitrogens with one attached hydrogen (secondary N) is 1. The zero-order valence-corrected chi connectivity index (χ0v) is 9.93. The maximum Gasteiger partial charge on any atom is 0.259 e. The lowest BCUT2D eigenvalue weighted by molar-refractivity contribution is 0.0945. The standard InChI is InChI=1S/C14H12FNO3/c15-10-5-2-1-4-9(10)8-16-14(19)13-11(17)6-3-7-12(13)18/h1-7,17-18H,8H2,(H,16,19). The van der Waals surface area contributed by atoms with E-state index in [1.165, 1.54) is 24.3 Å². The molecular weight excluding hydrogens is 249 g/mol. The number of benzene rings is 2. The molecule has 0 fully saturated rings. The van der Waals surface area contributed by atoms with Gasteiger partial charge in [0.15, 0.2) is 0 Å². The van der Waals surface area contributed by atoms with Crippen LogP contribution in [0.15, 0.2) is 42.5 Å². The summed E-state index contributed by atoms with van der Waals surface area (Å²) in [5.74, 6) is -1.75. The number of halogens is 1. The molecule has 0 radical (unpaired) electrons. The molecule has 0 spiro atoms. The lowest BCUT2D eigenvalue weighted by atomic mass is 10.1. The van der Waals surface area contributed by atoms with Gasteiger partial charge in [-0.25, -0.2) is 4.39 Å². The van der Waals surface area contributed by atoms with Crippen molar-refractivity contribution in [3.63, 3.8) is 0 Å². The number of carbonyl (C=O) groups is 1. The molecule has 0 aliphatic heterocycles. The lowest BCUT2D eigenvalue weighted by Gasteiger charge is -2.08. The number of phenolic OH excluding ortho intramolecular Hbond substituents is 2. The molecule has 0 bridgehead atoms. The number of carbonyl (C=O) groups excluding carboxylic acids is 1. The highest BCUT2D eigenvalue weighted by atomic mass is 19.1. The van der Waals surface area contributed by atoms with Crippen molar-refractivity contribution in [1.29, 1.82) is 0 Å². The summed E-state index contributed by atoms with van der Waals surface area (Å²) in [5.41, 5.74) is 0.101. The second-order valence-electron chi connectivity index (χ2n) is 3.95. The predicted octanol–water partition coefficient (Wildman–Crippen LogP) is 2.17. The average molecular weight is 261 g/mol. The third-order valence-corrected chi connectivity index (χ3v) is 2.64. The first-order valence-electron chi connectivity index (χ1n) is 5.62. The van der Waals surface area contributed by atoms with Gasteiger partial charge in [0.1, 0.15) is 22.9 Å². The van der Waals surface area contributed by atoms with Gasteiger partial charge in [0.2, 0.25) is 0 Å². The third kappa shape index (κ3) is 2.82. The summed E-state index contributed by atoms with van der Waals surface area (Å²) < 4.78 is 13.4. The molecule has 1 amide bonds. The Morgan fingerprint density at radius 1 is 1.05 bits per heavy atom. The van der Waals surface area contributed by atoms with Gasteiger partial charge in [0, 0.05) is 12.1 Å². The van der Waals surface area contributed by atoms with Crippen molar-refractivity contribution in [2.45, 2.75) is 6.54 Å². The highest BCUT2D eigenvalue weighted by Gasteiger charge is 2.15. The molecule has 0 unspecified atom stereocenters. The van der Waals surface area contributed by atoms with Gasteiger partial charge in [0.05, 0.1) is 0 Å². The molecule has 2 aromatic rings. The van der Waals surface area contributed by atoms with Crippen molar-refractivity contribution in [3.05, 3.63) is 59.4 Å². The first-order valence-corrected chi connectivity index (χ1v) is 5.62. The first-order chi connectivity index (χ1) is 9.09. The van der Waals surface area contributed by atoms with Crippen LogP contribution in [0, 0.1) is 5.82 Å². The van der Waals surface area contributed by atoms with Crippen molar-refractivity contribution in [3.8, 4) is 11.5 Å². The highest BCUT2D eigenvalue weighted by Crippen LogP contribution is 2.25. The molecule has 2 rings (SSSR count). The van der Waals surface area contributed by atoms with Crippen molar-refractivity contribution in [1.82, 2.24) is 5.32 Å². The number of hydrogen-bond acceptors (Lipinski definition) is 3. The van der Waals surface area contributed by atoms with Gasteiger partial charge in [-0.2, -0.15) is 0 Å². The van der Waals surface area contributed by atoms with Crippen LogP contribution >= 0.6 is 0 Å². The van der Waals surface area contributed by atoms with E-state index in [0.717, 1.165) is 0 Å². The van der Waals surface area contributed by atoms with Crippen LogP contribution in [0.25, 0.3) is 0 Å². The Morgan fingerprint density at radius 2 is 1.68 bits per heavy atom. The number of aromatic hydroxyl groups is 2. The monoisotopic (exact) mass is 261 g/mol. The maximum absolute atomic E-state index is 13.4. The van der Waals surface area contributed by atoms with E-state index in [0.29, 0.717) is 5.56 Å². The molecule has 98 valence electrons. The highest BCUT2D eigenvalue weighted by molar-refractivity contribution is 5.99. The van der Waals surface area contributed by atoms with Crippen LogP contribution in [0.1, 0.15) is 15.9 Å². The summed E-state index contributed by atoms with van der Waals surface area (Å²) in [7, 11) is 0. The fourth-order valence-corrected chi connectivity index (χ4v) is 1.67. The molecule has 5 heteroatoms. The average Bonchev–Trinajstić information content (AvgIpc) is 2.37. The van der Waals surface area contributed by atoms with Gasteiger partial charge in [0.25, 0.3) is 5.91 Å². The Bertz CT molecular complexity index is 593. The van der Waals surface area contributed by atoms with Crippen molar-refractivity contribution in [2.24, 2.45) is 0 Å². The van der Waals surface area contributed by atoms with Gasteiger partial charge in [-0.1, -0.05) is 24.3 Å². The van der Waals surface area contributed by atoms with Gasteiger partial charge in [-0.15, -0.1) is 0 Å². The summed E-state index contributed by atoms with van der Waals surface area (Å²) in [4.78, 5) is 11.8. The molecule has 2 aromatic carbocycles. The van der Waals surface area contributed by atoms with Gasteiger partial charge in [-0.05, 0) is 18.2 Å². The van der Waals surface area contributed by atoms with Crippen LogP contribution in [0.3, 0.4) is 0 Å². The van der Waals surface area contributed by atoms with E-state index in [2.05, 4.69) is 5.32 Å². The molecule has 0 heterocycles. The summed E-state index contributed by atoms with van der Waals surface area (Å²) in [6, 6.07) is 10.0. The fraction of sp³-hybridized carbons (Fsp3) is 0.0714. The summed E-state index contributed by atoms with van der Waals surface area (Å²) in [6.07, 6.45) is 0. The molecule has 0 aliphatic carbocycles. The predicted molar refractivity (Wildman–Crippen MR) is 67.3 cm³/mol. The molecule has 19 heavy (non-hydrogen) atoms. The van der Waals surface area contributed by atoms with Crippen molar-refractivity contribution in [2.75, 3.05) is 0 Å². The Morgan fingerprint density at radius 3 is 2.32 bits per heavy atom. The van der Waals surface area contributed by atoms with Crippen molar-refractivity contribution < 1.29 is 19.4 Å². The van der Waals surface area contributed by atoms with Crippen LogP contribution < -0.4 is 5.32 Å². The van der Waals surface area contributed by atoms with Gasteiger partial charge >= 0.3 is 0 Å². The molecule has 0 aliphatic rings.